The van der Waals surface area contributed by atoms with Crippen LogP contribution in [0.5, 0.6) is 0 Å². The number of anilines is 1. The van der Waals surface area contributed by atoms with E-state index >= 15 is 0 Å². The van der Waals surface area contributed by atoms with Crippen LogP contribution in [-0.2, 0) is 6.54 Å². The van der Waals surface area contributed by atoms with Gasteiger partial charge in [0.25, 0.3) is 0 Å². The van der Waals surface area contributed by atoms with Crippen molar-refractivity contribution in [2.24, 2.45) is 0 Å². The van der Waals surface area contributed by atoms with Crippen LogP contribution in [0.25, 0.3) is 16.7 Å². The number of hydrogen-bond acceptors (Lipinski definition) is 6. The van der Waals surface area contributed by atoms with Crippen LogP contribution in [0.15, 0.2) is 54.6 Å². The highest BCUT2D eigenvalue weighted by Crippen LogP contribution is 2.18. The first-order chi connectivity index (χ1) is 13.4. The Hall–Kier alpha value is -3.26. The van der Waals surface area contributed by atoms with Crippen LogP contribution in [0.1, 0.15) is 5.82 Å². The third-order valence-electron chi connectivity index (χ3n) is 4.92. The molecule has 1 fully saturated rings. The first-order valence-corrected chi connectivity index (χ1v) is 9.11. The minimum atomic E-state index is 0.796. The van der Waals surface area contributed by atoms with E-state index in [4.69, 9.17) is 0 Å². The normalized spacial score (nSPS) is 15.5. The molecule has 0 spiro atoms. The molecule has 0 amide bonds. The summed E-state index contributed by atoms with van der Waals surface area (Å²) in [6.07, 6.45) is 0. The Morgan fingerprint density at radius 3 is 2.48 bits per heavy atom. The van der Waals surface area contributed by atoms with E-state index in [0.717, 1.165) is 61.2 Å². The van der Waals surface area contributed by atoms with E-state index < -0.39 is 0 Å². The minimum absolute atomic E-state index is 0.796. The first kappa shape index (κ1) is 16.0. The second kappa shape index (κ2) is 6.81. The van der Waals surface area contributed by atoms with Crippen LogP contribution >= 0.6 is 0 Å². The summed E-state index contributed by atoms with van der Waals surface area (Å²) in [5, 5.41) is 12.3. The van der Waals surface area contributed by atoms with Gasteiger partial charge in [-0.05, 0) is 34.7 Å². The van der Waals surface area contributed by atoms with Crippen LogP contribution in [0.3, 0.4) is 0 Å². The lowest BCUT2D eigenvalue weighted by molar-refractivity contribution is 0.243. The molecule has 2 aromatic heterocycles. The fourth-order valence-electron chi connectivity index (χ4n) is 3.51. The number of fused-ring (bicyclic) bond motifs is 1. The Balaban J connectivity index is 1.26. The molecule has 0 unspecified atom stereocenters. The molecule has 0 bridgehead atoms. The van der Waals surface area contributed by atoms with Crippen molar-refractivity contribution < 1.29 is 0 Å². The summed E-state index contributed by atoms with van der Waals surface area (Å²) in [4.78, 5) is 12.7. The predicted octanol–water partition coefficient (Wildman–Crippen LogP) is 1.86. The van der Waals surface area contributed by atoms with Crippen molar-refractivity contribution in [3.8, 4) is 5.69 Å². The first-order valence-electron chi connectivity index (χ1n) is 9.11. The molecule has 5 rings (SSSR count). The van der Waals surface area contributed by atoms with Crippen molar-refractivity contribution in [2.75, 3.05) is 31.1 Å². The van der Waals surface area contributed by atoms with Crippen molar-refractivity contribution >= 4 is 17.0 Å². The summed E-state index contributed by atoms with van der Waals surface area (Å²) >= 11 is 0. The number of nitrogens with zero attached hydrogens (tertiary/aromatic N) is 7. The monoisotopic (exact) mass is 360 g/mol. The lowest BCUT2D eigenvalue weighted by atomic mass is 10.3. The molecule has 2 aromatic carbocycles. The van der Waals surface area contributed by atoms with Gasteiger partial charge in [0.05, 0.1) is 23.3 Å². The molecule has 3 heterocycles. The van der Waals surface area contributed by atoms with E-state index in [1.165, 1.54) is 0 Å². The molecular weight excluding hydrogens is 340 g/mol. The lowest BCUT2D eigenvalue weighted by Crippen LogP contribution is -2.47. The number of nitrogens with one attached hydrogen (secondary N) is 1. The van der Waals surface area contributed by atoms with Crippen LogP contribution < -0.4 is 4.90 Å². The molecule has 0 saturated carbocycles. The number of aromatic amines is 1. The van der Waals surface area contributed by atoms with Gasteiger partial charge in [-0.2, -0.15) is 4.68 Å². The number of para-hydroxylation sites is 3. The van der Waals surface area contributed by atoms with Crippen molar-refractivity contribution in [1.29, 1.82) is 0 Å². The summed E-state index contributed by atoms with van der Waals surface area (Å²) in [6.45, 7) is 4.48. The lowest BCUT2D eigenvalue weighted by Gasteiger charge is -2.34. The smallest absolute Gasteiger partial charge is 0.250 e. The number of tetrazole rings is 1. The van der Waals surface area contributed by atoms with Gasteiger partial charge in [-0.15, -0.1) is 0 Å². The van der Waals surface area contributed by atoms with E-state index in [2.05, 4.69) is 41.4 Å². The van der Waals surface area contributed by atoms with Crippen LogP contribution in [-0.4, -0.2) is 61.3 Å². The SMILES string of the molecule is c1ccc(-n2nnnc2N2CCN(Cc3nc4ccccc4[nH]3)CC2)cc1. The fraction of sp³-hybridized carbons (Fsp3) is 0.263. The number of piperazine rings is 1. The standard InChI is InChI=1S/C19H20N8/c1-2-6-15(7-3-1)27-19(22-23-24-27)26-12-10-25(11-13-26)14-18-20-16-8-4-5-9-17(16)21-18/h1-9H,10-14H2,(H,20,21). The Labute approximate surface area is 156 Å². The number of imidazole rings is 1. The van der Waals surface area contributed by atoms with Crippen molar-refractivity contribution in [2.45, 2.75) is 6.54 Å². The van der Waals surface area contributed by atoms with Gasteiger partial charge < -0.3 is 9.88 Å². The van der Waals surface area contributed by atoms with Gasteiger partial charge in [0.2, 0.25) is 5.95 Å². The van der Waals surface area contributed by atoms with E-state index in [9.17, 15) is 0 Å². The van der Waals surface area contributed by atoms with Gasteiger partial charge in [0.15, 0.2) is 0 Å². The van der Waals surface area contributed by atoms with Gasteiger partial charge in [-0.1, -0.05) is 35.4 Å². The summed E-state index contributed by atoms with van der Waals surface area (Å²) in [7, 11) is 0. The van der Waals surface area contributed by atoms with Gasteiger partial charge in [0, 0.05) is 26.2 Å². The van der Waals surface area contributed by atoms with Crippen LogP contribution in [0, 0.1) is 0 Å². The maximum atomic E-state index is 4.68. The van der Waals surface area contributed by atoms with Gasteiger partial charge in [-0.3, -0.25) is 4.90 Å². The minimum Gasteiger partial charge on any atom is -0.341 e. The number of aromatic nitrogens is 6. The summed E-state index contributed by atoms with van der Waals surface area (Å²) in [6, 6.07) is 18.1. The zero-order valence-electron chi connectivity index (χ0n) is 14.9. The second-order valence-corrected chi connectivity index (χ2v) is 6.69. The Kier molecular flexibility index (Phi) is 4.02. The molecule has 8 nitrogen and oxygen atoms in total. The zero-order valence-corrected chi connectivity index (χ0v) is 14.9. The second-order valence-electron chi connectivity index (χ2n) is 6.69. The van der Waals surface area contributed by atoms with Gasteiger partial charge >= 0.3 is 0 Å². The van der Waals surface area contributed by atoms with Crippen molar-refractivity contribution in [3.05, 3.63) is 60.4 Å². The molecule has 1 N–H and O–H groups in total. The maximum absolute atomic E-state index is 4.68. The molecule has 1 aliphatic heterocycles. The Bertz CT molecular complexity index is 997. The molecule has 27 heavy (non-hydrogen) atoms. The molecule has 136 valence electrons. The van der Waals surface area contributed by atoms with Gasteiger partial charge in [-0.25, -0.2) is 4.98 Å². The molecule has 0 aliphatic carbocycles. The largest absolute Gasteiger partial charge is 0.341 e. The molecular formula is C19H20N8. The maximum Gasteiger partial charge on any atom is 0.250 e. The summed E-state index contributed by atoms with van der Waals surface area (Å²) in [5.74, 6) is 1.81. The molecule has 8 heteroatoms. The fourth-order valence-corrected chi connectivity index (χ4v) is 3.51. The number of rotatable bonds is 4. The zero-order chi connectivity index (χ0) is 18.1. The number of benzene rings is 2. The number of hydrogen-bond donors (Lipinski definition) is 1. The van der Waals surface area contributed by atoms with E-state index in [0.29, 0.717) is 0 Å². The number of H-pyrrole nitrogens is 1. The molecule has 4 aromatic rings. The highest BCUT2D eigenvalue weighted by molar-refractivity contribution is 5.74. The molecule has 0 atom stereocenters. The van der Waals surface area contributed by atoms with Crippen molar-refractivity contribution in [1.82, 2.24) is 35.1 Å². The van der Waals surface area contributed by atoms with E-state index in [1.54, 1.807) is 4.68 Å². The molecule has 1 saturated heterocycles. The quantitative estimate of drug-likeness (QED) is 0.598. The van der Waals surface area contributed by atoms with E-state index in [-0.39, 0.29) is 0 Å². The van der Waals surface area contributed by atoms with Crippen LogP contribution in [0.4, 0.5) is 5.95 Å². The average molecular weight is 360 g/mol. The van der Waals surface area contributed by atoms with Gasteiger partial charge in [0.1, 0.15) is 5.82 Å². The topological polar surface area (TPSA) is 78.8 Å². The van der Waals surface area contributed by atoms with Crippen molar-refractivity contribution in [3.63, 3.8) is 0 Å². The molecule has 1 aliphatic rings. The molecule has 0 radical (unpaired) electrons. The predicted molar refractivity (Wildman–Crippen MR) is 103 cm³/mol. The summed E-state index contributed by atoms with van der Waals surface area (Å²) in [5.41, 5.74) is 3.09. The highest BCUT2D eigenvalue weighted by atomic mass is 15.6. The van der Waals surface area contributed by atoms with Crippen LogP contribution in [0.2, 0.25) is 0 Å². The third-order valence-corrected chi connectivity index (χ3v) is 4.92. The highest BCUT2D eigenvalue weighted by Gasteiger charge is 2.22. The Morgan fingerprint density at radius 1 is 0.889 bits per heavy atom. The summed E-state index contributed by atoms with van der Waals surface area (Å²) < 4.78 is 1.80. The third kappa shape index (κ3) is 3.15. The average Bonchev–Trinajstić information content (AvgIpc) is 3.36. The van der Waals surface area contributed by atoms with E-state index in [1.807, 2.05) is 48.5 Å². The Morgan fingerprint density at radius 2 is 1.67 bits per heavy atom.